The minimum absolute atomic E-state index is 0.0199. The lowest BCUT2D eigenvalue weighted by atomic mass is 9.93. The van der Waals surface area contributed by atoms with E-state index >= 15 is 0 Å². The van der Waals surface area contributed by atoms with Gasteiger partial charge < -0.3 is 10.6 Å². The molecular weight excluding hydrogens is 462 g/mol. The molecule has 1 fully saturated rings. The number of nitrogens with zero attached hydrogens (tertiary/aromatic N) is 1. The number of anilines is 1. The van der Waals surface area contributed by atoms with Gasteiger partial charge in [-0.2, -0.15) is 0 Å². The molecule has 1 aromatic carbocycles. The molecule has 2 heterocycles. The normalized spacial score (nSPS) is 20.0. The van der Waals surface area contributed by atoms with E-state index in [2.05, 4.69) is 26.6 Å². The largest absolute Gasteiger partial charge is 0.349 e. The van der Waals surface area contributed by atoms with Gasteiger partial charge >= 0.3 is 0 Å². The summed E-state index contributed by atoms with van der Waals surface area (Å²) in [5.74, 6) is -0.235. The second-order valence-corrected chi connectivity index (χ2v) is 10.3. The second-order valence-electron chi connectivity index (χ2n) is 8.30. The van der Waals surface area contributed by atoms with E-state index in [-0.39, 0.29) is 17.9 Å². The van der Waals surface area contributed by atoms with Crippen molar-refractivity contribution in [2.24, 2.45) is 4.99 Å². The Morgan fingerprint density at radius 2 is 1.93 bits per heavy atom. The van der Waals surface area contributed by atoms with Crippen molar-refractivity contribution < 1.29 is 9.59 Å². The number of thiophene rings is 1. The van der Waals surface area contributed by atoms with E-state index in [1.807, 2.05) is 18.2 Å². The SMILES string of the molecule is O=C1Nc2ccc(Br)cc2/C1=N\c1sc2c(c1C(=O)NC1CCCCC1)CCCC2. The Kier molecular flexibility index (Phi) is 5.50. The van der Waals surface area contributed by atoms with Crippen LogP contribution >= 0.6 is 27.3 Å². The van der Waals surface area contributed by atoms with Gasteiger partial charge in [-0.15, -0.1) is 11.3 Å². The molecule has 0 spiro atoms. The van der Waals surface area contributed by atoms with Crippen molar-refractivity contribution in [1.82, 2.24) is 5.32 Å². The van der Waals surface area contributed by atoms with Gasteiger partial charge in [0.2, 0.25) is 0 Å². The molecule has 0 bridgehead atoms. The number of halogens is 1. The number of fused-ring (bicyclic) bond motifs is 2. The number of amides is 2. The number of carbonyl (C=O) groups excluding carboxylic acids is 2. The van der Waals surface area contributed by atoms with Gasteiger partial charge in [-0.05, 0) is 62.3 Å². The Balaban J connectivity index is 1.55. The highest BCUT2D eigenvalue weighted by atomic mass is 79.9. The van der Waals surface area contributed by atoms with Crippen LogP contribution in [-0.4, -0.2) is 23.6 Å². The lowest BCUT2D eigenvalue weighted by Gasteiger charge is -2.23. The van der Waals surface area contributed by atoms with Crippen molar-refractivity contribution in [2.75, 3.05) is 5.32 Å². The van der Waals surface area contributed by atoms with Crippen LogP contribution in [0.2, 0.25) is 0 Å². The van der Waals surface area contributed by atoms with E-state index in [0.717, 1.165) is 59.8 Å². The van der Waals surface area contributed by atoms with E-state index in [9.17, 15) is 9.59 Å². The molecule has 7 heteroatoms. The van der Waals surface area contributed by atoms with Crippen molar-refractivity contribution in [2.45, 2.75) is 63.8 Å². The predicted molar refractivity (Wildman–Crippen MR) is 124 cm³/mol. The number of nitrogens with one attached hydrogen (secondary N) is 2. The Bertz CT molecular complexity index is 1050. The lowest BCUT2D eigenvalue weighted by molar-refractivity contribution is -0.110. The van der Waals surface area contributed by atoms with Crippen molar-refractivity contribution in [3.63, 3.8) is 0 Å². The van der Waals surface area contributed by atoms with Gasteiger partial charge in [0.15, 0.2) is 0 Å². The maximum atomic E-state index is 13.3. The van der Waals surface area contributed by atoms with Crippen LogP contribution in [0, 0.1) is 0 Å². The molecule has 2 aromatic rings. The molecule has 5 nitrogen and oxygen atoms in total. The molecule has 30 heavy (non-hydrogen) atoms. The molecular formula is C23H24BrN3O2S. The molecule has 1 saturated carbocycles. The number of hydrogen-bond donors (Lipinski definition) is 2. The van der Waals surface area contributed by atoms with Gasteiger partial charge in [-0.3, -0.25) is 9.59 Å². The van der Waals surface area contributed by atoms with Crippen LogP contribution in [0.1, 0.15) is 71.3 Å². The second kappa shape index (κ2) is 8.27. The average Bonchev–Trinajstić information content (AvgIpc) is 3.26. The third-order valence-corrected chi connectivity index (χ3v) is 7.91. The van der Waals surface area contributed by atoms with Gasteiger partial charge in [0.1, 0.15) is 10.7 Å². The average molecular weight is 486 g/mol. The maximum Gasteiger partial charge on any atom is 0.275 e. The van der Waals surface area contributed by atoms with Crippen molar-refractivity contribution in [1.29, 1.82) is 0 Å². The Morgan fingerprint density at radius 3 is 2.77 bits per heavy atom. The molecule has 0 radical (unpaired) electrons. The summed E-state index contributed by atoms with van der Waals surface area (Å²) in [6, 6.07) is 5.92. The van der Waals surface area contributed by atoms with Crippen LogP contribution in [0.25, 0.3) is 0 Å². The molecule has 3 aliphatic rings. The number of hydrogen-bond acceptors (Lipinski definition) is 4. The van der Waals surface area contributed by atoms with E-state index < -0.39 is 0 Å². The van der Waals surface area contributed by atoms with Crippen LogP contribution in [0.4, 0.5) is 10.7 Å². The van der Waals surface area contributed by atoms with Gasteiger partial charge in [-0.25, -0.2) is 4.99 Å². The number of aliphatic imine (C=N–C) groups is 1. The fraction of sp³-hybridized carbons (Fsp3) is 0.435. The summed E-state index contributed by atoms with van der Waals surface area (Å²) >= 11 is 5.06. The van der Waals surface area contributed by atoms with E-state index in [4.69, 9.17) is 4.99 Å². The van der Waals surface area contributed by atoms with E-state index in [0.29, 0.717) is 16.3 Å². The molecule has 5 rings (SSSR count). The summed E-state index contributed by atoms with van der Waals surface area (Å²) in [6.07, 6.45) is 9.84. The van der Waals surface area contributed by atoms with Crippen LogP contribution in [-0.2, 0) is 17.6 Å². The first-order valence-electron chi connectivity index (χ1n) is 10.8. The summed E-state index contributed by atoms with van der Waals surface area (Å²) in [6.45, 7) is 0. The van der Waals surface area contributed by atoms with Crippen molar-refractivity contribution in [3.8, 4) is 0 Å². The molecule has 2 aliphatic carbocycles. The van der Waals surface area contributed by atoms with Crippen LogP contribution < -0.4 is 10.6 Å². The minimum Gasteiger partial charge on any atom is -0.349 e. The lowest BCUT2D eigenvalue weighted by Crippen LogP contribution is -2.36. The smallest absolute Gasteiger partial charge is 0.275 e. The zero-order chi connectivity index (χ0) is 20.7. The van der Waals surface area contributed by atoms with Crippen LogP contribution in [0.3, 0.4) is 0 Å². The summed E-state index contributed by atoms with van der Waals surface area (Å²) in [5.41, 5.74) is 3.77. The van der Waals surface area contributed by atoms with Crippen LogP contribution in [0.5, 0.6) is 0 Å². The number of rotatable bonds is 3. The highest BCUT2D eigenvalue weighted by Gasteiger charge is 2.30. The minimum atomic E-state index is -0.215. The third kappa shape index (κ3) is 3.73. The molecule has 0 atom stereocenters. The molecule has 2 amide bonds. The Morgan fingerprint density at radius 1 is 1.13 bits per heavy atom. The predicted octanol–water partition coefficient (Wildman–Crippen LogP) is 5.52. The summed E-state index contributed by atoms with van der Waals surface area (Å²) in [7, 11) is 0. The van der Waals surface area contributed by atoms with Crippen LogP contribution in [0.15, 0.2) is 27.7 Å². The first-order chi connectivity index (χ1) is 14.6. The monoisotopic (exact) mass is 485 g/mol. The van der Waals surface area contributed by atoms with Gasteiger partial charge in [-0.1, -0.05) is 35.2 Å². The zero-order valence-electron chi connectivity index (χ0n) is 16.7. The molecule has 0 unspecified atom stereocenters. The highest BCUT2D eigenvalue weighted by Crippen LogP contribution is 2.41. The first kappa shape index (κ1) is 19.9. The summed E-state index contributed by atoms with van der Waals surface area (Å²) < 4.78 is 0.895. The van der Waals surface area contributed by atoms with Gasteiger partial charge in [0.05, 0.1) is 11.3 Å². The van der Waals surface area contributed by atoms with Crippen molar-refractivity contribution >= 4 is 55.5 Å². The molecule has 0 saturated heterocycles. The number of benzene rings is 1. The summed E-state index contributed by atoms with van der Waals surface area (Å²) in [4.78, 5) is 32.0. The standard InChI is InChI=1S/C23H24BrN3O2S/c24-13-10-11-17-16(12-13)20(22(29)26-17)27-23-19(15-8-4-5-9-18(15)30-23)21(28)25-14-6-2-1-3-7-14/h10-12,14H,1-9H2,(H,25,28)(H,26,27,29). The van der Waals surface area contributed by atoms with E-state index in [1.165, 1.54) is 24.1 Å². The fourth-order valence-corrected chi connectivity index (χ4v) is 6.33. The Hall–Kier alpha value is -1.99. The Labute approximate surface area is 188 Å². The molecule has 1 aromatic heterocycles. The first-order valence-corrected chi connectivity index (χ1v) is 12.4. The number of carbonyl (C=O) groups is 2. The van der Waals surface area contributed by atoms with Gasteiger partial charge in [0.25, 0.3) is 11.8 Å². The van der Waals surface area contributed by atoms with Gasteiger partial charge in [0, 0.05) is 21.0 Å². The highest BCUT2D eigenvalue weighted by molar-refractivity contribution is 9.10. The molecule has 2 N–H and O–H groups in total. The fourth-order valence-electron chi connectivity index (χ4n) is 4.71. The molecule has 156 valence electrons. The number of aryl methyl sites for hydroxylation is 1. The van der Waals surface area contributed by atoms with Crippen molar-refractivity contribution in [3.05, 3.63) is 44.2 Å². The zero-order valence-corrected chi connectivity index (χ0v) is 19.1. The third-order valence-electron chi connectivity index (χ3n) is 6.23. The topological polar surface area (TPSA) is 70.6 Å². The maximum absolute atomic E-state index is 13.3. The van der Waals surface area contributed by atoms with E-state index in [1.54, 1.807) is 11.3 Å². The summed E-state index contributed by atoms with van der Waals surface area (Å²) in [5, 5.41) is 6.83. The molecule has 1 aliphatic heterocycles. The quantitative estimate of drug-likeness (QED) is 0.600.